The summed E-state index contributed by atoms with van der Waals surface area (Å²) < 4.78 is 13.3. The molecule has 0 aliphatic heterocycles. The molecule has 3 aromatic carbocycles. The van der Waals surface area contributed by atoms with E-state index in [1.54, 1.807) is 30.3 Å². The standard InChI is InChI=1S/C27H19N3O3S/c1-32-24-13-6-5-12-23(24)30-26(31)25(34-27(30)21(16-28)17-29)15-20-10-7-11-22(14-20)33-18-19-8-3-2-4-9-19/h2-15H,18H2,1H3/b25-15+. The van der Waals surface area contributed by atoms with E-state index in [1.165, 1.54) is 11.7 Å². The van der Waals surface area contributed by atoms with Crippen molar-refractivity contribution in [3.8, 4) is 29.3 Å². The molecule has 34 heavy (non-hydrogen) atoms. The maximum Gasteiger partial charge on any atom is 0.273 e. The Morgan fingerprint density at radius 1 is 1.00 bits per heavy atom. The van der Waals surface area contributed by atoms with E-state index < -0.39 is 0 Å². The Bertz CT molecular complexity index is 1570. The predicted molar refractivity (Wildman–Crippen MR) is 131 cm³/mol. The number of nitriles is 2. The summed E-state index contributed by atoms with van der Waals surface area (Å²) in [4.78, 5) is 13.4. The number of hydrogen-bond donors (Lipinski definition) is 0. The van der Waals surface area contributed by atoms with Crippen molar-refractivity contribution in [1.82, 2.24) is 4.57 Å². The van der Waals surface area contributed by atoms with Crippen molar-refractivity contribution in [3.63, 3.8) is 0 Å². The highest BCUT2D eigenvalue weighted by Gasteiger charge is 2.14. The third-order valence-electron chi connectivity index (χ3n) is 4.99. The fourth-order valence-corrected chi connectivity index (χ4v) is 4.44. The van der Waals surface area contributed by atoms with Crippen molar-refractivity contribution in [3.05, 3.63) is 110 Å². The number of ether oxygens (including phenoxy) is 2. The summed E-state index contributed by atoms with van der Waals surface area (Å²) in [6.45, 7) is 0.427. The summed E-state index contributed by atoms with van der Waals surface area (Å²) >= 11 is 1.08. The molecule has 0 amide bonds. The van der Waals surface area contributed by atoms with E-state index in [2.05, 4.69) is 0 Å². The van der Waals surface area contributed by atoms with Crippen LogP contribution in [-0.4, -0.2) is 11.7 Å². The van der Waals surface area contributed by atoms with Gasteiger partial charge in [0.15, 0.2) is 5.57 Å². The molecular weight excluding hydrogens is 446 g/mol. The molecule has 0 saturated heterocycles. The van der Waals surface area contributed by atoms with Gasteiger partial charge in [-0.1, -0.05) is 54.6 Å². The fraction of sp³-hybridized carbons (Fsp3) is 0.0741. The minimum atomic E-state index is -0.344. The van der Waals surface area contributed by atoms with Gasteiger partial charge in [0.25, 0.3) is 5.56 Å². The first-order chi connectivity index (χ1) is 16.6. The van der Waals surface area contributed by atoms with E-state index >= 15 is 0 Å². The number of benzene rings is 3. The molecule has 0 saturated carbocycles. The zero-order valence-corrected chi connectivity index (χ0v) is 19.1. The van der Waals surface area contributed by atoms with E-state index in [9.17, 15) is 15.3 Å². The average Bonchev–Trinajstić information content (AvgIpc) is 3.19. The Labute approximate surface area is 200 Å². The summed E-state index contributed by atoms with van der Waals surface area (Å²) in [6.07, 6.45) is 1.73. The van der Waals surface area contributed by atoms with Crippen molar-refractivity contribution >= 4 is 23.0 Å². The van der Waals surface area contributed by atoms with Crippen LogP contribution in [0.1, 0.15) is 11.1 Å². The van der Waals surface area contributed by atoms with E-state index in [1.807, 2.05) is 66.7 Å². The van der Waals surface area contributed by atoms with Gasteiger partial charge in [-0.15, -0.1) is 11.3 Å². The van der Waals surface area contributed by atoms with Gasteiger partial charge in [0, 0.05) is 0 Å². The van der Waals surface area contributed by atoms with Crippen LogP contribution in [0.2, 0.25) is 0 Å². The molecule has 0 N–H and O–H groups in total. The maximum atomic E-state index is 13.4. The largest absolute Gasteiger partial charge is 0.495 e. The van der Waals surface area contributed by atoms with Crippen LogP contribution in [0.15, 0.2) is 83.7 Å². The molecule has 0 spiro atoms. The molecular formula is C27H19N3O3S. The predicted octanol–water partition coefficient (Wildman–Crippen LogP) is 3.51. The number of hydrogen-bond acceptors (Lipinski definition) is 6. The van der Waals surface area contributed by atoms with Crippen LogP contribution < -0.4 is 24.2 Å². The number of nitrogens with zero attached hydrogens (tertiary/aromatic N) is 3. The highest BCUT2D eigenvalue weighted by molar-refractivity contribution is 7.07. The Hall–Kier alpha value is -4.59. The second-order valence-electron chi connectivity index (χ2n) is 7.17. The van der Waals surface area contributed by atoms with Crippen LogP contribution in [-0.2, 0) is 6.61 Å². The van der Waals surface area contributed by atoms with Gasteiger partial charge in [-0.05, 0) is 41.5 Å². The van der Waals surface area contributed by atoms with Crippen LogP contribution >= 0.6 is 11.3 Å². The van der Waals surface area contributed by atoms with E-state index in [0.717, 1.165) is 22.5 Å². The molecule has 0 aliphatic carbocycles. The molecule has 4 rings (SSSR count). The van der Waals surface area contributed by atoms with E-state index in [-0.39, 0.29) is 15.8 Å². The van der Waals surface area contributed by atoms with Gasteiger partial charge >= 0.3 is 0 Å². The lowest BCUT2D eigenvalue weighted by Crippen LogP contribution is -2.31. The Balaban J connectivity index is 1.81. The van der Waals surface area contributed by atoms with Crippen LogP contribution in [0.4, 0.5) is 0 Å². The van der Waals surface area contributed by atoms with Crippen molar-refractivity contribution in [1.29, 1.82) is 10.5 Å². The van der Waals surface area contributed by atoms with Crippen molar-refractivity contribution < 1.29 is 9.47 Å². The summed E-state index contributed by atoms with van der Waals surface area (Å²) in [6, 6.07) is 28.0. The Kier molecular flexibility index (Phi) is 6.88. The first-order valence-corrected chi connectivity index (χ1v) is 11.1. The molecule has 1 aromatic heterocycles. The zero-order chi connectivity index (χ0) is 23.9. The number of methoxy groups -OCH3 is 1. The molecule has 166 valence electrons. The van der Waals surface area contributed by atoms with Gasteiger partial charge in [-0.2, -0.15) is 10.5 Å². The lowest BCUT2D eigenvalue weighted by atomic mass is 10.2. The minimum Gasteiger partial charge on any atom is -0.495 e. The van der Waals surface area contributed by atoms with Gasteiger partial charge < -0.3 is 9.47 Å². The van der Waals surface area contributed by atoms with Gasteiger partial charge in [0.1, 0.15) is 34.9 Å². The highest BCUT2D eigenvalue weighted by Crippen LogP contribution is 2.20. The normalized spacial score (nSPS) is 10.9. The lowest BCUT2D eigenvalue weighted by Gasteiger charge is -2.08. The molecule has 0 bridgehead atoms. The summed E-state index contributed by atoms with van der Waals surface area (Å²) in [5, 5.41) is 19.0. The zero-order valence-electron chi connectivity index (χ0n) is 18.3. The topological polar surface area (TPSA) is 88.0 Å². The first-order valence-electron chi connectivity index (χ1n) is 10.3. The van der Waals surface area contributed by atoms with E-state index in [0.29, 0.717) is 28.3 Å². The van der Waals surface area contributed by atoms with Crippen LogP contribution in [0.3, 0.4) is 0 Å². The summed E-state index contributed by atoms with van der Waals surface area (Å²) in [7, 11) is 1.50. The molecule has 1 heterocycles. The first kappa shape index (κ1) is 22.6. The van der Waals surface area contributed by atoms with Gasteiger partial charge in [0.05, 0.1) is 17.3 Å². The van der Waals surface area contributed by atoms with Gasteiger partial charge in [0.2, 0.25) is 0 Å². The SMILES string of the molecule is COc1ccccc1-n1c(=C(C#N)C#N)s/c(=C/c2cccc(OCc3ccccc3)c2)c1=O. The number of thiazole rings is 1. The smallest absolute Gasteiger partial charge is 0.273 e. The van der Waals surface area contributed by atoms with Crippen LogP contribution in [0, 0.1) is 22.7 Å². The molecule has 0 radical (unpaired) electrons. The second-order valence-corrected chi connectivity index (χ2v) is 8.20. The fourth-order valence-electron chi connectivity index (χ4n) is 3.39. The molecule has 0 aliphatic rings. The number of aromatic nitrogens is 1. The van der Waals surface area contributed by atoms with Gasteiger partial charge in [-0.3, -0.25) is 9.36 Å². The Morgan fingerprint density at radius 3 is 2.47 bits per heavy atom. The highest BCUT2D eigenvalue weighted by atomic mass is 32.1. The molecule has 0 atom stereocenters. The molecule has 0 unspecified atom stereocenters. The minimum absolute atomic E-state index is 0.146. The Morgan fingerprint density at radius 2 is 1.74 bits per heavy atom. The van der Waals surface area contributed by atoms with Crippen molar-refractivity contribution in [2.24, 2.45) is 0 Å². The van der Waals surface area contributed by atoms with E-state index in [4.69, 9.17) is 9.47 Å². The molecule has 4 aromatic rings. The average molecular weight is 466 g/mol. The van der Waals surface area contributed by atoms with Crippen molar-refractivity contribution in [2.75, 3.05) is 7.11 Å². The lowest BCUT2D eigenvalue weighted by molar-refractivity contribution is 0.306. The van der Waals surface area contributed by atoms with Crippen molar-refractivity contribution in [2.45, 2.75) is 6.61 Å². The molecule has 6 nitrogen and oxygen atoms in total. The van der Waals surface area contributed by atoms with Gasteiger partial charge in [-0.25, -0.2) is 0 Å². The summed E-state index contributed by atoms with van der Waals surface area (Å²) in [5.41, 5.74) is 1.79. The van der Waals surface area contributed by atoms with Crippen LogP contribution in [0.25, 0.3) is 17.3 Å². The molecule has 0 fully saturated rings. The van der Waals surface area contributed by atoms with Crippen LogP contribution in [0.5, 0.6) is 11.5 Å². The molecule has 7 heteroatoms. The summed E-state index contributed by atoms with van der Waals surface area (Å²) in [5.74, 6) is 1.13. The second kappa shape index (κ2) is 10.4. The quantitative estimate of drug-likeness (QED) is 0.435. The monoisotopic (exact) mass is 465 g/mol. The maximum absolute atomic E-state index is 13.4. The third kappa shape index (κ3) is 4.75. The third-order valence-corrected chi connectivity index (χ3v) is 6.08. The number of para-hydroxylation sites is 2. The number of rotatable bonds is 6.